The van der Waals surface area contributed by atoms with Gasteiger partial charge in [0.25, 0.3) is 0 Å². The van der Waals surface area contributed by atoms with Crippen LogP contribution in [0, 0.1) is 6.92 Å². The van der Waals surface area contributed by atoms with Gasteiger partial charge >= 0.3 is 0 Å². The lowest BCUT2D eigenvalue weighted by Gasteiger charge is -2.10. The van der Waals surface area contributed by atoms with E-state index < -0.39 is 0 Å². The predicted octanol–water partition coefficient (Wildman–Crippen LogP) is 3.24. The van der Waals surface area contributed by atoms with Crippen molar-refractivity contribution in [3.8, 4) is 0 Å². The summed E-state index contributed by atoms with van der Waals surface area (Å²) in [4.78, 5) is 4.22. The van der Waals surface area contributed by atoms with E-state index in [1.165, 1.54) is 11.1 Å². The quantitative estimate of drug-likeness (QED) is 0.847. The number of rotatable bonds is 4. The van der Waals surface area contributed by atoms with Crippen LogP contribution in [-0.4, -0.2) is 10.7 Å². The summed E-state index contributed by atoms with van der Waals surface area (Å²) in [7, 11) is 0. The fraction of sp³-hybridized carbons (Fsp3) is 0.250. The Balaban J connectivity index is 1.93. The number of hydrogen-bond donors (Lipinski definition) is 1. The molecule has 1 aromatic carbocycles. The molecule has 0 aliphatic rings. The first-order valence-electron chi connectivity index (χ1n) is 5.10. The maximum absolute atomic E-state index is 6.12. The molecule has 0 bridgehead atoms. The molecule has 2 nitrogen and oxygen atoms in total. The van der Waals surface area contributed by atoms with Gasteiger partial charge in [-0.05, 0) is 12.5 Å². The summed E-state index contributed by atoms with van der Waals surface area (Å²) >= 11 is 3.38. The zero-order valence-electron chi connectivity index (χ0n) is 9.09. The smallest absolute Gasteiger partial charge is 0.149 e. The summed E-state index contributed by atoms with van der Waals surface area (Å²) in [5, 5.41) is 1.99. The second-order valence-corrected chi connectivity index (χ2v) is 5.79. The van der Waals surface area contributed by atoms with Crippen LogP contribution in [0.2, 0.25) is 0 Å². The maximum atomic E-state index is 6.12. The summed E-state index contributed by atoms with van der Waals surface area (Å²) in [5.41, 5.74) is 8.57. The van der Waals surface area contributed by atoms with Gasteiger partial charge in [-0.2, -0.15) is 0 Å². The first-order valence-corrected chi connectivity index (χ1v) is 6.96. The van der Waals surface area contributed by atoms with Crippen molar-refractivity contribution in [3.63, 3.8) is 0 Å². The van der Waals surface area contributed by atoms with E-state index in [0.29, 0.717) is 0 Å². The molecule has 1 atom stereocenters. The van der Waals surface area contributed by atoms with Crippen LogP contribution in [0.15, 0.2) is 40.2 Å². The van der Waals surface area contributed by atoms with Gasteiger partial charge in [0.1, 0.15) is 4.34 Å². The second-order valence-electron chi connectivity index (χ2n) is 3.63. The minimum absolute atomic E-state index is 0.0782. The zero-order chi connectivity index (χ0) is 11.4. The summed E-state index contributed by atoms with van der Waals surface area (Å²) in [5.74, 6) is 0.872. The number of nitrogens with two attached hydrogens (primary N) is 1. The third-order valence-corrected chi connectivity index (χ3v) is 4.39. The van der Waals surface area contributed by atoms with Gasteiger partial charge in [0.15, 0.2) is 0 Å². The Kier molecular flexibility index (Phi) is 3.98. The predicted molar refractivity (Wildman–Crippen MR) is 70.9 cm³/mol. The Morgan fingerprint density at radius 1 is 1.38 bits per heavy atom. The Morgan fingerprint density at radius 2 is 2.12 bits per heavy atom. The Labute approximate surface area is 104 Å². The fourth-order valence-electron chi connectivity index (χ4n) is 1.35. The monoisotopic (exact) mass is 250 g/mol. The molecule has 0 saturated carbocycles. The van der Waals surface area contributed by atoms with Crippen molar-refractivity contribution in [2.24, 2.45) is 5.73 Å². The minimum atomic E-state index is 0.0782. The first kappa shape index (κ1) is 11.6. The largest absolute Gasteiger partial charge is 0.323 e. The van der Waals surface area contributed by atoms with Crippen molar-refractivity contribution in [2.75, 3.05) is 5.75 Å². The maximum Gasteiger partial charge on any atom is 0.149 e. The number of benzene rings is 1. The molecular formula is C12H14N2S2. The van der Waals surface area contributed by atoms with Gasteiger partial charge in [0.2, 0.25) is 0 Å². The highest BCUT2D eigenvalue weighted by atomic mass is 32.2. The van der Waals surface area contributed by atoms with Crippen LogP contribution in [0.3, 0.4) is 0 Å². The van der Waals surface area contributed by atoms with E-state index in [1.54, 1.807) is 23.1 Å². The number of hydrogen-bond acceptors (Lipinski definition) is 4. The number of nitrogens with zero attached hydrogens (tertiary/aromatic N) is 1. The molecular weight excluding hydrogens is 236 g/mol. The summed E-state index contributed by atoms with van der Waals surface area (Å²) in [6, 6.07) is 8.48. The van der Waals surface area contributed by atoms with Crippen LogP contribution in [0.25, 0.3) is 0 Å². The zero-order valence-corrected chi connectivity index (χ0v) is 10.7. The van der Waals surface area contributed by atoms with Crippen LogP contribution >= 0.6 is 23.1 Å². The lowest BCUT2D eigenvalue weighted by atomic mass is 10.1. The summed E-state index contributed by atoms with van der Waals surface area (Å²) in [6.45, 7) is 2.08. The first-order chi connectivity index (χ1) is 7.75. The van der Waals surface area contributed by atoms with Crippen LogP contribution in [0.4, 0.5) is 0 Å². The topological polar surface area (TPSA) is 38.9 Å². The van der Waals surface area contributed by atoms with E-state index in [9.17, 15) is 0 Å². The van der Waals surface area contributed by atoms with E-state index >= 15 is 0 Å². The molecule has 2 aromatic rings. The molecule has 1 heterocycles. The summed E-state index contributed by atoms with van der Waals surface area (Å²) < 4.78 is 1.09. The lowest BCUT2D eigenvalue weighted by molar-refractivity contribution is 0.830. The molecule has 84 valence electrons. The SMILES string of the molecule is Cc1ccc(C(N)CSc2nccs2)cc1. The van der Waals surface area contributed by atoms with E-state index in [2.05, 4.69) is 36.2 Å². The average molecular weight is 250 g/mol. The normalized spacial score (nSPS) is 12.6. The highest BCUT2D eigenvalue weighted by Gasteiger charge is 2.07. The average Bonchev–Trinajstić information content (AvgIpc) is 2.80. The van der Waals surface area contributed by atoms with Gasteiger partial charge in [-0.15, -0.1) is 11.3 Å². The van der Waals surface area contributed by atoms with Gasteiger partial charge in [0.05, 0.1) is 0 Å². The van der Waals surface area contributed by atoms with Crippen molar-refractivity contribution in [3.05, 3.63) is 47.0 Å². The molecule has 2 rings (SSSR count). The molecule has 0 saturated heterocycles. The molecule has 0 spiro atoms. The molecule has 0 aliphatic heterocycles. The molecule has 16 heavy (non-hydrogen) atoms. The van der Waals surface area contributed by atoms with Gasteiger partial charge in [0, 0.05) is 23.4 Å². The van der Waals surface area contributed by atoms with Crippen LogP contribution in [0.1, 0.15) is 17.2 Å². The van der Waals surface area contributed by atoms with Crippen LogP contribution < -0.4 is 5.73 Å². The Bertz CT molecular complexity index is 423. The Hall–Kier alpha value is -0.840. The van der Waals surface area contributed by atoms with Gasteiger partial charge in [-0.3, -0.25) is 0 Å². The molecule has 4 heteroatoms. The highest BCUT2D eigenvalue weighted by Crippen LogP contribution is 2.24. The molecule has 0 aliphatic carbocycles. The lowest BCUT2D eigenvalue weighted by Crippen LogP contribution is -2.12. The number of thiazole rings is 1. The van der Waals surface area contributed by atoms with Crippen molar-refractivity contribution >= 4 is 23.1 Å². The molecule has 0 amide bonds. The molecule has 2 N–H and O–H groups in total. The number of thioether (sulfide) groups is 1. The van der Waals surface area contributed by atoms with Gasteiger partial charge in [-0.25, -0.2) is 4.98 Å². The molecule has 1 aromatic heterocycles. The second kappa shape index (κ2) is 5.48. The van der Waals surface area contributed by atoms with Crippen molar-refractivity contribution in [2.45, 2.75) is 17.3 Å². The third kappa shape index (κ3) is 3.07. The van der Waals surface area contributed by atoms with Crippen LogP contribution in [-0.2, 0) is 0 Å². The van der Waals surface area contributed by atoms with E-state index in [4.69, 9.17) is 5.73 Å². The van der Waals surface area contributed by atoms with Gasteiger partial charge in [-0.1, -0.05) is 41.6 Å². The van der Waals surface area contributed by atoms with Crippen molar-refractivity contribution in [1.82, 2.24) is 4.98 Å². The van der Waals surface area contributed by atoms with Gasteiger partial charge < -0.3 is 5.73 Å². The Morgan fingerprint density at radius 3 is 2.75 bits per heavy atom. The molecule has 0 radical (unpaired) electrons. The van der Waals surface area contributed by atoms with E-state index in [-0.39, 0.29) is 6.04 Å². The highest BCUT2D eigenvalue weighted by molar-refractivity contribution is 8.01. The standard InChI is InChI=1S/C12H14N2S2/c1-9-2-4-10(5-3-9)11(13)8-16-12-14-6-7-15-12/h2-7,11H,8,13H2,1H3. The minimum Gasteiger partial charge on any atom is -0.323 e. The van der Waals surface area contributed by atoms with Crippen LogP contribution in [0.5, 0.6) is 0 Å². The molecule has 1 unspecified atom stereocenters. The number of aromatic nitrogens is 1. The summed E-state index contributed by atoms with van der Waals surface area (Å²) in [6.07, 6.45) is 1.82. The number of aryl methyl sites for hydroxylation is 1. The fourth-order valence-corrected chi connectivity index (χ4v) is 3.01. The van der Waals surface area contributed by atoms with E-state index in [1.807, 2.05) is 11.6 Å². The van der Waals surface area contributed by atoms with Crippen molar-refractivity contribution in [1.29, 1.82) is 0 Å². The van der Waals surface area contributed by atoms with E-state index in [0.717, 1.165) is 10.1 Å². The third-order valence-electron chi connectivity index (χ3n) is 2.30. The molecule has 0 fully saturated rings. The van der Waals surface area contributed by atoms with Crippen molar-refractivity contribution < 1.29 is 0 Å².